The Kier molecular flexibility index (Phi) is 10.8. The van der Waals surface area contributed by atoms with Gasteiger partial charge >= 0.3 is 57.4 Å². The van der Waals surface area contributed by atoms with Crippen LogP contribution in [-0.4, -0.2) is 11.9 Å². The van der Waals surface area contributed by atoms with Gasteiger partial charge in [0.25, 0.3) is 0 Å². The predicted molar refractivity (Wildman–Crippen MR) is 39.8 cm³/mol. The number of carbonyl (C=O) groups is 2. The monoisotopic (exact) mass is 210 g/mol. The molecule has 0 aromatic carbocycles. The predicted octanol–water partition coefficient (Wildman–Crippen LogP) is -3.01. The largest absolute Gasteiger partial charge is 1.00 e. The Labute approximate surface area is 120 Å². The molecule has 0 radical (unpaired) electrons. The van der Waals surface area contributed by atoms with Crippen molar-refractivity contribution in [3.63, 3.8) is 0 Å². The number of carboxylic acid groups (broad SMARTS) is 1. The maximum absolute atomic E-state index is 10.7. The Balaban J connectivity index is 0. The second kappa shape index (κ2) is 8.89. The van der Waals surface area contributed by atoms with Crippen LogP contribution in [0.2, 0.25) is 0 Å². The Morgan fingerprint density at radius 3 is 2.23 bits per heavy atom. The first-order chi connectivity index (χ1) is 5.52. The van der Waals surface area contributed by atoms with Crippen molar-refractivity contribution in [3.05, 3.63) is 11.8 Å². The zero-order chi connectivity index (χ0) is 9.56. The smallest absolute Gasteiger partial charge is 0.550 e. The van der Waals surface area contributed by atoms with E-state index in [2.05, 4.69) is 4.74 Å². The van der Waals surface area contributed by atoms with Crippen molar-refractivity contribution >= 4 is 11.9 Å². The minimum Gasteiger partial charge on any atom is -0.550 e. The average Bonchev–Trinajstić information content (AvgIpc) is 1.96. The van der Waals surface area contributed by atoms with Crippen LogP contribution >= 0.6 is 0 Å². The molecule has 0 heterocycles. The summed E-state index contributed by atoms with van der Waals surface area (Å²) in [5, 5.41) is 9.91. The van der Waals surface area contributed by atoms with Gasteiger partial charge in [-0.25, -0.2) is 0 Å². The topological polar surface area (TPSA) is 66.4 Å². The molecule has 0 unspecified atom stereocenters. The van der Waals surface area contributed by atoms with E-state index >= 15 is 0 Å². The number of aliphatic carboxylic acids is 1. The van der Waals surface area contributed by atoms with Gasteiger partial charge in [-0.3, -0.25) is 4.79 Å². The van der Waals surface area contributed by atoms with E-state index in [1.54, 1.807) is 13.8 Å². The van der Waals surface area contributed by atoms with Gasteiger partial charge in [-0.1, -0.05) is 0 Å². The fourth-order valence-electron chi connectivity index (χ4n) is 0.447. The minimum atomic E-state index is -1.25. The number of rotatable bonds is 4. The number of carboxylic acids is 1. The van der Waals surface area contributed by atoms with E-state index in [0.29, 0.717) is 0 Å². The van der Waals surface area contributed by atoms with Gasteiger partial charge in [0.15, 0.2) is 0 Å². The van der Waals surface area contributed by atoms with E-state index < -0.39 is 11.9 Å². The van der Waals surface area contributed by atoms with Gasteiger partial charge in [-0.05, 0) is 25.8 Å². The van der Waals surface area contributed by atoms with Crippen molar-refractivity contribution in [2.45, 2.75) is 26.7 Å². The molecule has 0 spiro atoms. The fourth-order valence-corrected chi connectivity index (χ4v) is 0.447. The van der Waals surface area contributed by atoms with Crippen LogP contribution in [0.4, 0.5) is 0 Å². The third-order valence-corrected chi connectivity index (χ3v) is 0.959. The molecule has 0 bridgehead atoms. The van der Waals surface area contributed by atoms with Crippen molar-refractivity contribution < 1.29 is 70.8 Å². The molecular weight excluding hydrogens is 199 g/mol. The number of allylic oxidation sites excluding steroid dienone is 1. The van der Waals surface area contributed by atoms with Crippen molar-refractivity contribution in [3.8, 4) is 0 Å². The van der Waals surface area contributed by atoms with Crippen LogP contribution in [0.3, 0.4) is 0 Å². The van der Waals surface area contributed by atoms with E-state index in [0.717, 1.165) is 5.57 Å². The maximum atomic E-state index is 10.7. The van der Waals surface area contributed by atoms with E-state index in [9.17, 15) is 14.7 Å². The van der Waals surface area contributed by atoms with Crippen LogP contribution in [0.15, 0.2) is 11.8 Å². The van der Waals surface area contributed by atoms with Crippen LogP contribution in [-0.2, 0) is 14.3 Å². The summed E-state index contributed by atoms with van der Waals surface area (Å²) >= 11 is 0. The minimum absolute atomic E-state index is 0. The molecular formula is C8H11KO4. The first-order valence-corrected chi connectivity index (χ1v) is 3.55. The summed E-state index contributed by atoms with van der Waals surface area (Å²) in [7, 11) is 0. The Morgan fingerprint density at radius 1 is 1.31 bits per heavy atom. The number of ether oxygens (including phenoxy) is 1. The van der Waals surface area contributed by atoms with Gasteiger partial charge in [0.05, 0.1) is 12.7 Å². The Morgan fingerprint density at radius 2 is 1.85 bits per heavy atom. The molecule has 0 aliphatic rings. The molecule has 13 heavy (non-hydrogen) atoms. The summed E-state index contributed by atoms with van der Waals surface area (Å²) in [5.41, 5.74) is 0.844. The molecule has 0 saturated heterocycles. The number of hydrogen-bond acceptors (Lipinski definition) is 4. The molecule has 0 rings (SSSR count). The summed E-state index contributed by atoms with van der Waals surface area (Å²) in [6.45, 7) is 3.54. The van der Waals surface area contributed by atoms with Gasteiger partial charge in [0, 0.05) is 5.97 Å². The summed E-state index contributed by atoms with van der Waals surface area (Å²) in [4.78, 5) is 20.6. The van der Waals surface area contributed by atoms with Gasteiger partial charge in [0.2, 0.25) is 0 Å². The molecule has 0 amide bonds. The third-order valence-electron chi connectivity index (χ3n) is 0.959. The molecule has 0 fully saturated rings. The average molecular weight is 210 g/mol. The van der Waals surface area contributed by atoms with E-state index in [1.807, 2.05) is 0 Å². The zero-order valence-corrected chi connectivity index (χ0v) is 11.2. The van der Waals surface area contributed by atoms with Crippen LogP contribution in [0.1, 0.15) is 26.7 Å². The summed E-state index contributed by atoms with van der Waals surface area (Å²) in [5.74, 6) is -1.80. The molecule has 68 valence electrons. The van der Waals surface area contributed by atoms with Crippen molar-refractivity contribution in [2.24, 2.45) is 0 Å². The Bertz CT molecular complexity index is 206. The molecule has 0 aromatic rings. The molecule has 0 aromatic heterocycles. The third kappa shape index (κ3) is 12.3. The van der Waals surface area contributed by atoms with Crippen LogP contribution < -0.4 is 56.5 Å². The number of esters is 1. The first-order valence-electron chi connectivity index (χ1n) is 3.55. The number of hydrogen-bond donors (Lipinski definition) is 0. The molecule has 4 nitrogen and oxygen atoms in total. The van der Waals surface area contributed by atoms with Gasteiger partial charge in [-0.2, -0.15) is 0 Å². The zero-order valence-electron chi connectivity index (χ0n) is 8.12. The molecule has 0 saturated carbocycles. The Hall–Kier alpha value is 0.316. The molecule has 0 atom stereocenters. The molecule has 0 aliphatic heterocycles. The first kappa shape index (κ1) is 15.8. The van der Waals surface area contributed by atoms with Gasteiger partial charge in [0.1, 0.15) is 0 Å². The van der Waals surface area contributed by atoms with Crippen molar-refractivity contribution in [1.29, 1.82) is 0 Å². The second-order valence-corrected chi connectivity index (χ2v) is 2.56. The second-order valence-electron chi connectivity index (χ2n) is 2.56. The van der Waals surface area contributed by atoms with Crippen molar-refractivity contribution in [1.82, 2.24) is 0 Å². The van der Waals surface area contributed by atoms with Gasteiger partial charge < -0.3 is 14.6 Å². The van der Waals surface area contributed by atoms with Gasteiger partial charge in [-0.15, -0.1) is 0 Å². The van der Waals surface area contributed by atoms with Crippen LogP contribution in [0.25, 0.3) is 0 Å². The maximum Gasteiger partial charge on any atom is 1.00 e. The quantitative estimate of drug-likeness (QED) is 0.281. The van der Waals surface area contributed by atoms with E-state index in [-0.39, 0.29) is 64.2 Å². The van der Waals surface area contributed by atoms with Crippen LogP contribution in [0.5, 0.6) is 0 Å². The summed E-state index contributed by atoms with van der Waals surface area (Å²) in [6, 6.07) is 0. The van der Waals surface area contributed by atoms with E-state index in [4.69, 9.17) is 0 Å². The standard InChI is InChI=1S/C8H12O4.K/c1-6(2)5-12-8(11)4-3-7(9)10;/h5H,3-4H2,1-2H3,(H,9,10);/q;+1/p-1. The fraction of sp³-hybridized carbons (Fsp3) is 0.500. The van der Waals surface area contributed by atoms with Crippen LogP contribution in [0, 0.1) is 0 Å². The van der Waals surface area contributed by atoms with E-state index in [1.165, 1.54) is 6.26 Å². The summed E-state index contributed by atoms with van der Waals surface area (Å²) in [6.07, 6.45) is 0.846. The molecule has 0 aliphatic carbocycles. The molecule has 5 heteroatoms. The molecule has 0 N–H and O–H groups in total. The normalized spacial score (nSPS) is 8.15. The number of carbonyl (C=O) groups excluding carboxylic acids is 2. The van der Waals surface area contributed by atoms with Crippen molar-refractivity contribution in [2.75, 3.05) is 0 Å². The summed E-state index contributed by atoms with van der Waals surface area (Å²) < 4.78 is 4.56. The SMILES string of the molecule is CC(C)=COC(=O)CCC(=O)[O-].[K+].